The molecule has 0 heterocycles. The molecule has 0 saturated heterocycles. The van der Waals surface area contributed by atoms with E-state index in [0.29, 0.717) is 28.9 Å². The lowest BCUT2D eigenvalue weighted by Gasteiger charge is -2.12. The van der Waals surface area contributed by atoms with Gasteiger partial charge in [0, 0.05) is 0 Å². The molecule has 0 aliphatic heterocycles. The van der Waals surface area contributed by atoms with Crippen LogP contribution in [-0.2, 0) is 6.61 Å². The average molecular weight is 285 g/mol. The van der Waals surface area contributed by atoms with E-state index in [4.69, 9.17) is 14.7 Å². The number of methoxy groups -OCH3 is 1. The smallest absolute Gasteiger partial charge is 0.172 e. The lowest BCUT2D eigenvalue weighted by atomic mass is 10.1. The van der Waals surface area contributed by atoms with E-state index in [2.05, 4.69) is 0 Å². The van der Waals surface area contributed by atoms with E-state index in [1.54, 1.807) is 24.3 Å². The fourth-order valence-corrected chi connectivity index (χ4v) is 1.84. The van der Waals surface area contributed by atoms with Crippen LogP contribution < -0.4 is 9.47 Å². The lowest BCUT2D eigenvalue weighted by molar-refractivity contribution is 0.111. The maximum absolute atomic E-state index is 13.2. The Morgan fingerprint density at radius 1 is 1.33 bits per heavy atom. The van der Waals surface area contributed by atoms with Crippen LogP contribution >= 0.6 is 0 Å². The third kappa shape index (κ3) is 3.18. The second kappa shape index (κ2) is 6.53. The quantitative estimate of drug-likeness (QED) is 0.792. The molecule has 2 aromatic rings. The van der Waals surface area contributed by atoms with Crippen LogP contribution in [0.5, 0.6) is 11.5 Å². The number of nitrogens with zero attached hydrogens (tertiary/aromatic N) is 1. The zero-order valence-electron chi connectivity index (χ0n) is 11.3. The van der Waals surface area contributed by atoms with Crippen LogP contribution in [0.4, 0.5) is 4.39 Å². The standard InChI is InChI=1S/C16H12FNO3/c1-20-15-4-2-3-12(9-19)16(15)21-10-11-5-6-14(17)13(7-11)8-18/h2-7,9H,10H2,1H3. The van der Waals surface area contributed by atoms with Gasteiger partial charge in [0.25, 0.3) is 0 Å². The van der Waals surface area contributed by atoms with Gasteiger partial charge in [0.2, 0.25) is 0 Å². The lowest BCUT2D eigenvalue weighted by Crippen LogP contribution is -2.01. The second-order valence-electron chi connectivity index (χ2n) is 4.21. The van der Waals surface area contributed by atoms with E-state index in [0.717, 1.165) is 0 Å². The Hall–Kier alpha value is -2.87. The molecule has 0 amide bonds. The molecule has 0 spiro atoms. The van der Waals surface area contributed by atoms with Gasteiger partial charge in [0.05, 0.1) is 18.2 Å². The van der Waals surface area contributed by atoms with Gasteiger partial charge in [-0.2, -0.15) is 5.26 Å². The molecule has 0 fully saturated rings. The number of rotatable bonds is 5. The monoisotopic (exact) mass is 285 g/mol. The summed E-state index contributed by atoms with van der Waals surface area (Å²) in [6.07, 6.45) is 0.670. The number of carbonyl (C=O) groups excluding carboxylic acids is 1. The zero-order valence-corrected chi connectivity index (χ0v) is 11.3. The number of carbonyl (C=O) groups is 1. The van der Waals surface area contributed by atoms with Crippen molar-refractivity contribution in [3.8, 4) is 17.6 Å². The predicted molar refractivity (Wildman–Crippen MR) is 73.8 cm³/mol. The number of para-hydroxylation sites is 1. The molecule has 0 aliphatic carbocycles. The second-order valence-corrected chi connectivity index (χ2v) is 4.21. The number of nitriles is 1. The molecule has 0 N–H and O–H groups in total. The third-order valence-electron chi connectivity index (χ3n) is 2.89. The highest BCUT2D eigenvalue weighted by molar-refractivity contribution is 5.81. The van der Waals surface area contributed by atoms with Gasteiger partial charge in [-0.15, -0.1) is 0 Å². The average Bonchev–Trinajstić information content (AvgIpc) is 2.53. The summed E-state index contributed by atoms with van der Waals surface area (Å²) in [6, 6.07) is 10.9. The van der Waals surface area contributed by atoms with Gasteiger partial charge in [0.15, 0.2) is 17.8 Å². The van der Waals surface area contributed by atoms with Crippen molar-refractivity contribution in [2.75, 3.05) is 7.11 Å². The minimum atomic E-state index is -0.577. The molecule has 0 atom stereocenters. The van der Waals surface area contributed by atoms with Gasteiger partial charge in [-0.1, -0.05) is 12.1 Å². The Bertz CT molecular complexity index is 707. The van der Waals surface area contributed by atoms with Gasteiger partial charge in [-0.3, -0.25) is 4.79 Å². The molecule has 0 unspecified atom stereocenters. The molecule has 4 nitrogen and oxygen atoms in total. The first kappa shape index (κ1) is 14.5. The molecule has 2 rings (SSSR count). The number of benzene rings is 2. The normalized spacial score (nSPS) is 9.76. The highest BCUT2D eigenvalue weighted by atomic mass is 19.1. The molecule has 5 heteroatoms. The molecular formula is C16H12FNO3. The molecule has 0 bridgehead atoms. The van der Waals surface area contributed by atoms with Crippen LogP contribution in [0.3, 0.4) is 0 Å². The minimum absolute atomic E-state index is 0.0493. The van der Waals surface area contributed by atoms with Gasteiger partial charge >= 0.3 is 0 Å². The summed E-state index contributed by atoms with van der Waals surface area (Å²) in [5.41, 5.74) is 0.930. The predicted octanol–water partition coefficient (Wildman–Crippen LogP) is 3.10. The first-order valence-electron chi connectivity index (χ1n) is 6.13. The Balaban J connectivity index is 2.24. The van der Waals surface area contributed by atoms with Crippen molar-refractivity contribution in [2.24, 2.45) is 0 Å². The molecule has 0 radical (unpaired) electrons. The van der Waals surface area contributed by atoms with Crippen LogP contribution in [0.2, 0.25) is 0 Å². The molecule has 0 saturated carbocycles. The molecule has 0 aliphatic rings. The molecular weight excluding hydrogens is 273 g/mol. The number of aldehydes is 1. The van der Waals surface area contributed by atoms with E-state index in [-0.39, 0.29) is 12.2 Å². The van der Waals surface area contributed by atoms with E-state index in [9.17, 15) is 9.18 Å². The van der Waals surface area contributed by atoms with Crippen LogP contribution in [0.1, 0.15) is 21.5 Å². The summed E-state index contributed by atoms with van der Waals surface area (Å²) in [4.78, 5) is 11.0. The van der Waals surface area contributed by atoms with E-state index in [1.165, 1.54) is 25.3 Å². The topological polar surface area (TPSA) is 59.3 Å². The van der Waals surface area contributed by atoms with Crippen molar-refractivity contribution in [3.05, 3.63) is 58.9 Å². The summed E-state index contributed by atoms with van der Waals surface area (Å²) < 4.78 is 24.0. The van der Waals surface area contributed by atoms with Crippen LogP contribution in [0.15, 0.2) is 36.4 Å². The van der Waals surface area contributed by atoms with E-state index in [1.807, 2.05) is 0 Å². The van der Waals surface area contributed by atoms with Crippen LogP contribution in [0.25, 0.3) is 0 Å². The Labute approximate surface area is 121 Å². The summed E-state index contributed by atoms with van der Waals surface area (Å²) in [7, 11) is 1.47. The highest BCUT2D eigenvalue weighted by Gasteiger charge is 2.11. The van der Waals surface area contributed by atoms with E-state index < -0.39 is 5.82 Å². The molecule has 21 heavy (non-hydrogen) atoms. The maximum Gasteiger partial charge on any atom is 0.172 e. The zero-order chi connectivity index (χ0) is 15.2. The van der Waals surface area contributed by atoms with E-state index >= 15 is 0 Å². The molecule has 0 aromatic heterocycles. The van der Waals surface area contributed by atoms with Crippen molar-refractivity contribution >= 4 is 6.29 Å². The van der Waals surface area contributed by atoms with Crippen LogP contribution in [-0.4, -0.2) is 13.4 Å². The molecule has 2 aromatic carbocycles. The summed E-state index contributed by atoms with van der Waals surface area (Å²) in [5.74, 6) is 0.173. The summed E-state index contributed by atoms with van der Waals surface area (Å²) in [6.45, 7) is 0.0934. The van der Waals surface area contributed by atoms with Gasteiger partial charge in [-0.05, 0) is 29.8 Å². The van der Waals surface area contributed by atoms with Crippen LogP contribution in [0, 0.1) is 17.1 Å². The Morgan fingerprint density at radius 3 is 2.81 bits per heavy atom. The van der Waals surface area contributed by atoms with Crippen molar-refractivity contribution < 1.29 is 18.7 Å². The minimum Gasteiger partial charge on any atom is -0.493 e. The van der Waals surface area contributed by atoms with Crippen molar-refractivity contribution in [3.63, 3.8) is 0 Å². The Morgan fingerprint density at radius 2 is 2.14 bits per heavy atom. The number of hydrogen-bond donors (Lipinski definition) is 0. The van der Waals surface area contributed by atoms with Crippen molar-refractivity contribution in [1.29, 1.82) is 5.26 Å². The third-order valence-corrected chi connectivity index (χ3v) is 2.89. The summed E-state index contributed by atoms with van der Waals surface area (Å²) >= 11 is 0. The highest BCUT2D eigenvalue weighted by Crippen LogP contribution is 2.30. The van der Waals surface area contributed by atoms with Gasteiger partial charge < -0.3 is 9.47 Å². The summed E-state index contributed by atoms with van der Waals surface area (Å²) in [5, 5.41) is 8.80. The first-order valence-corrected chi connectivity index (χ1v) is 6.13. The number of halogens is 1. The Kier molecular flexibility index (Phi) is 4.52. The largest absolute Gasteiger partial charge is 0.493 e. The fourth-order valence-electron chi connectivity index (χ4n) is 1.84. The fraction of sp³-hybridized carbons (Fsp3) is 0.125. The number of ether oxygens (including phenoxy) is 2. The van der Waals surface area contributed by atoms with Crippen molar-refractivity contribution in [2.45, 2.75) is 6.61 Å². The SMILES string of the molecule is COc1cccc(C=O)c1OCc1ccc(F)c(C#N)c1. The first-order chi connectivity index (χ1) is 10.2. The van der Waals surface area contributed by atoms with Gasteiger partial charge in [0.1, 0.15) is 18.5 Å². The molecule has 106 valence electrons. The van der Waals surface area contributed by atoms with Gasteiger partial charge in [-0.25, -0.2) is 4.39 Å². The van der Waals surface area contributed by atoms with Crippen molar-refractivity contribution in [1.82, 2.24) is 0 Å². The maximum atomic E-state index is 13.2. The number of hydrogen-bond acceptors (Lipinski definition) is 4.